The Bertz CT molecular complexity index is 361. The van der Waals surface area contributed by atoms with Crippen LogP contribution in [0.2, 0.25) is 0 Å². The van der Waals surface area contributed by atoms with E-state index < -0.39 is 0 Å². The second-order valence-electron chi connectivity index (χ2n) is 4.26. The number of benzene rings is 1. The molecule has 1 aliphatic rings. The van der Waals surface area contributed by atoms with Crippen LogP contribution in [0.15, 0.2) is 18.2 Å². The summed E-state index contributed by atoms with van der Waals surface area (Å²) in [6.45, 7) is 2.08. The highest BCUT2D eigenvalue weighted by Gasteiger charge is 2.33. The molecule has 1 saturated carbocycles. The lowest BCUT2D eigenvalue weighted by Crippen LogP contribution is -2.07. The molecule has 0 aromatic heterocycles. The SMILES string of the molecule is CC(C1CC1)C(Br)c1cc(F)ccc1F. The molecule has 1 aliphatic carbocycles. The fourth-order valence-corrected chi connectivity index (χ4v) is 2.65. The average Bonchev–Trinajstić information content (AvgIpc) is 3.03. The smallest absolute Gasteiger partial charge is 0.127 e. The Labute approximate surface area is 96.8 Å². The summed E-state index contributed by atoms with van der Waals surface area (Å²) in [4.78, 5) is -0.0827. The predicted octanol–water partition coefficient (Wildman–Crippen LogP) is 4.45. The van der Waals surface area contributed by atoms with Gasteiger partial charge in [-0.05, 0) is 42.9 Å². The molecule has 0 radical (unpaired) electrons. The average molecular weight is 275 g/mol. The Morgan fingerprint density at radius 2 is 2.00 bits per heavy atom. The zero-order valence-electron chi connectivity index (χ0n) is 8.51. The molecule has 2 unspecified atom stereocenters. The Morgan fingerprint density at radius 1 is 1.33 bits per heavy atom. The van der Waals surface area contributed by atoms with Crippen LogP contribution in [0, 0.1) is 23.5 Å². The van der Waals surface area contributed by atoms with Crippen LogP contribution in [-0.4, -0.2) is 0 Å². The van der Waals surface area contributed by atoms with Gasteiger partial charge in [0.25, 0.3) is 0 Å². The highest BCUT2D eigenvalue weighted by atomic mass is 79.9. The van der Waals surface area contributed by atoms with Gasteiger partial charge in [-0.1, -0.05) is 22.9 Å². The molecule has 1 aromatic carbocycles. The molecule has 0 nitrogen and oxygen atoms in total. The molecule has 0 amide bonds. The van der Waals surface area contributed by atoms with E-state index in [0.717, 1.165) is 6.07 Å². The maximum absolute atomic E-state index is 13.5. The summed E-state index contributed by atoms with van der Waals surface area (Å²) >= 11 is 3.47. The fraction of sp³-hybridized carbons (Fsp3) is 0.500. The molecular formula is C12H13BrF2. The summed E-state index contributed by atoms with van der Waals surface area (Å²) in [6.07, 6.45) is 2.42. The first-order chi connectivity index (χ1) is 7.09. The molecule has 0 bridgehead atoms. The van der Waals surface area contributed by atoms with Crippen molar-refractivity contribution in [2.75, 3.05) is 0 Å². The van der Waals surface area contributed by atoms with E-state index in [9.17, 15) is 8.78 Å². The quantitative estimate of drug-likeness (QED) is 0.715. The highest BCUT2D eigenvalue weighted by Crippen LogP contribution is 2.46. The maximum atomic E-state index is 13.5. The van der Waals surface area contributed by atoms with Gasteiger partial charge in [0.1, 0.15) is 11.6 Å². The van der Waals surface area contributed by atoms with Gasteiger partial charge in [-0.2, -0.15) is 0 Å². The minimum Gasteiger partial charge on any atom is -0.207 e. The number of hydrogen-bond donors (Lipinski definition) is 0. The summed E-state index contributed by atoms with van der Waals surface area (Å²) in [5.74, 6) is 0.322. The van der Waals surface area contributed by atoms with Crippen molar-refractivity contribution in [2.45, 2.75) is 24.6 Å². The minimum absolute atomic E-state index is 0.0827. The molecule has 0 heterocycles. The molecule has 15 heavy (non-hydrogen) atoms. The van der Waals surface area contributed by atoms with Crippen LogP contribution in [0.5, 0.6) is 0 Å². The van der Waals surface area contributed by atoms with E-state index in [2.05, 4.69) is 22.9 Å². The summed E-state index contributed by atoms with van der Waals surface area (Å²) in [5, 5.41) is 0. The van der Waals surface area contributed by atoms with E-state index in [1.165, 1.54) is 25.0 Å². The zero-order valence-corrected chi connectivity index (χ0v) is 10.1. The number of alkyl halides is 1. The Hall–Kier alpha value is -0.440. The van der Waals surface area contributed by atoms with Crippen LogP contribution in [0.25, 0.3) is 0 Å². The van der Waals surface area contributed by atoms with E-state index in [0.29, 0.717) is 17.4 Å². The molecule has 2 rings (SSSR count). The summed E-state index contributed by atoms with van der Waals surface area (Å²) in [5.41, 5.74) is 0.439. The summed E-state index contributed by atoms with van der Waals surface area (Å²) < 4.78 is 26.5. The highest BCUT2D eigenvalue weighted by molar-refractivity contribution is 9.09. The van der Waals surface area contributed by atoms with Gasteiger partial charge >= 0.3 is 0 Å². The standard InChI is InChI=1S/C12H13BrF2/c1-7(8-2-3-8)12(13)10-6-9(14)4-5-11(10)15/h4-8,12H,2-3H2,1H3. The van der Waals surface area contributed by atoms with Crippen molar-refractivity contribution in [1.29, 1.82) is 0 Å². The molecule has 0 saturated heterocycles. The predicted molar refractivity (Wildman–Crippen MR) is 59.9 cm³/mol. The van der Waals surface area contributed by atoms with Crippen molar-refractivity contribution < 1.29 is 8.78 Å². The molecular weight excluding hydrogens is 262 g/mol. The van der Waals surface area contributed by atoms with Gasteiger partial charge in [-0.3, -0.25) is 0 Å². The Balaban J connectivity index is 2.23. The number of hydrogen-bond acceptors (Lipinski definition) is 0. The van der Waals surface area contributed by atoms with Gasteiger partial charge in [0.15, 0.2) is 0 Å². The van der Waals surface area contributed by atoms with Crippen molar-refractivity contribution in [3.05, 3.63) is 35.4 Å². The second-order valence-corrected chi connectivity index (χ2v) is 5.25. The summed E-state index contributed by atoms with van der Waals surface area (Å²) in [7, 11) is 0. The second kappa shape index (κ2) is 4.20. The van der Waals surface area contributed by atoms with E-state index in [1.54, 1.807) is 0 Å². The van der Waals surface area contributed by atoms with Crippen LogP contribution < -0.4 is 0 Å². The van der Waals surface area contributed by atoms with Crippen LogP contribution in [-0.2, 0) is 0 Å². The number of rotatable bonds is 3. The van der Waals surface area contributed by atoms with Gasteiger partial charge < -0.3 is 0 Å². The monoisotopic (exact) mass is 274 g/mol. The van der Waals surface area contributed by atoms with Crippen molar-refractivity contribution in [2.24, 2.45) is 11.8 Å². The largest absolute Gasteiger partial charge is 0.207 e. The lowest BCUT2D eigenvalue weighted by Gasteiger charge is -2.18. The van der Waals surface area contributed by atoms with Crippen LogP contribution >= 0.6 is 15.9 Å². The molecule has 2 atom stereocenters. The van der Waals surface area contributed by atoms with Gasteiger partial charge in [0, 0.05) is 10.4 Å². The Morgan fingerprint density at radius 3 is 2.60 bits per heavy atom. The van der Waals surface area contributed by atoms with E-state index in [1.807, 2.05) is 0 Å². The lowest BCUT2D eigenvalue weighted by atomic mass is 9.96. The topological polar surface area (TPSA) is 0 Å². The third-order valence-corrected chi connectivity index (χ3v) is 4.41. The molecule has 82 valence electrons. The van der Waals surface area contributed by atoms with Crippen LogP contribution in [0.3, 0.4) is 0 Å². The molecule has 1 fully saturated rings. The maximum Gasteiger partial charge on any atom is 0.127 e. The van der Waals surface area contributed by atoms with Crippen molar-refractivity contribution in [3.63, 3.8) is 0 Å². The molecule has 3 heteroatoms. The van der Waals surface area contributed by atoms with E-state index in [4.69, 9.17) is 0 Å². The normalized spacial score (nSPS) is 20.0. The third kappa shape index (κ3) is 2.39. The summed E-state index contributed by atoms with van der Waals surface area (Å²) in [6, 6.07) is 3.63. The first-order valence-electron chi connectivity index (χ1n) is 5.18. The third-order valence-electron chi connectivity index (χ3n) is 3.08. The van der Waals surface area contributed by atoms with Crippen LogP contribution in [0.4, 0.5) is 8.78 Å². The molecule has 0 aliphatic heterocycles. The number of halogens is 3. The first-order valence-corrected chi connectivity index (χ1v) is 6.10. The van der Waals surface area contributed by atoms with Gasteiger partial charge in [-0.15, -0.1) is 0 Å². The lowest BCUT2D eigenvalue weighted by molar-refractivity contribution is 0.483. The van der Waals surface area contributed by atoms with Gasteiger partial charge in [0.2, 0.25) is 0 Å². The molecule has 0 spiro atoms. The van der Waals surface area contributed by atoms with Crippen molar-refractivity contribution >= 4 is 15.9 Å². The molecule has 0 N–H and O–H groups in total. The minimum atomic E-state index is -0.376. The van der Waals surface area contributed by atoms with Gasteiger partial charge in [0.05, 0.1) is 0 Å². The van der Waals surface area contributed by atoms with E-state index in [-0.39, 0.29) is 16.5 Å². The zero-order chi connectivity index (χ0) is 11.0. The van der Waals surface area contributed by atoms with E-state index >= 15 is 0 Å². The van der Waals surface area contributed by atoms with Crippen molar-refractivity contribution in [1.82, 2.24) is 0 Å². The Kier molecular flexibility index (Phi) is 3.10. The molecule has 1 aromatic rings. The van der Waals surface area contributed by atoms with Gasteiger partial charge in [-0.25, -0.2) is 8.78 Å². The fourth-order valence-electron chi connectivity index (χ4n) is 1.87. The van der Waals surface area contributed by atoms with Crippen molar-refractivity contribution in [3.8, 4) is 0 Å². The van der Waals surface area contributed by atoms with Crippen LogP contribution in [0.1, 0.15) is 30.2 Å². The first kappa shape index (κ1) is 11.1.